The van der Waals surface area contributed by atoms with Crippen LogP contribution in [0.2, 0.25) is 0 Å². The number of aromatic nitrogens is 2. The van der Waals surface area contributed by atoms with Gasteiger partial charge >= 0.3 is 0 Å². The molecule has 2 heterocycles. The predicted octanol–water partition coefficient (Wildman–Crippen LogP) is 3.60. The van der Waals surface area contributed by atoms with Crippen molar-refractivity contribution in [1.29, 1.82) is 5.26 Å². The first kappa shape index (κ1) is 19.6. The van der Waals surface area contributed by atoms with Crippen LogP contribution in [0.5, 0.6) is 0 Å². The molecule has 0 atom stereocenters. The van der Waals surface area contributed by atoms with E-state index in [0.29, 0.717) is 22.6 Å². The summed E-state index contributed by atoms with van der Waals surface area (Å²) in [5.41, 5.74) is 4.29. The number of fused-ring (bicyclic) bond motifs is 1. The standard InChI is InChI=1S/C22H22N6O2/c1-15-3-5-18-19(11-15)25-22(24-18)17(14-23)12-16-4-6-20(21(13-16)28(29)30)27-9-7-26(2)8-10-27/h3-6,11-13H,7-10H2,1-2H3,(H,24,25)/b17-12+. The highest BCUT2D eigenvalue weighted by Gasteiger charge is 2.23. The highest BCUT2D eigenvalue weighted by molar-refractivity contribution is 5.91. The molecule has 0 radical (unpaired) electrons. The predicted molar refractivity (Wildman–Crippen MR) is 117 cm³/mol. The summed E-state index contributed by atoms with van der Waals surface area (Å²) in [5.74, 6) is 0.448. The number of nitro groups is 1. The molecule has 1 aliphatic rings. The topological polar surface area (TPSA) is 102 Å². The number of aromatic amines is 1. The van der Waals surface area contributed by atoms with Crippen LogP contribution in [0.3, 0.4) is 0 Å². The van der Waals surface area contributed by atoms with Crippen molar-refractivity contribution in [2.24, 2.45) is 0 Å². The molecule has 1 aliphatic heterocycles. The number of rotatable bonds is 4. The van der Waals surface area contributed by atoms with Crippen molar-refractivity contribution in [1.82, 2.24) is 14.9 Å². The number of imidazole rings is 1. The lowest BCUT2D eigenvalue weighted by Gasteiger charge is -2.33. The molecule has 0 aliphatic carbocycles. The van der Waals surface area contributed by atoms with Crippen LogP contribution in [0.15, 0.2) is 36.4 Å². The second-order valence-electron chi connectivity index (χ2n) is 7.57. The van der Waals surface area contributed by atoms with Crippen LogP contribution in [0.1, 0.15) is 17.0 Å². The Kier molecular flexibility index (Phi) is 5.21. The fraction of sp³-hybridized carbons (Fsp3) is 0.273. The zero-order valence-corrected chi connectivity index (χ0v) is 16.9. The lowest BCUT2D eigenvalue weighted by molar-refractivity contribution is -0.384. The van der Waals surface area contributed by atoms with Crippen molar-refractivity contribution in [2.75, 3.05) is 38.1 Å². The molecule has 0 bridgehead atoms. The number of nitro benzene ring substituents is 1. The number of allylic oxidation sites excluding steroid dienone is 1. The Morgan fingerprint density at radius 1 is 1.23 bits per heavy atom. The van der Waals surface area contributed by atoms with Gasteiger partial charge in [0.15, 0.2) is 0 Å². The zero-order chi connectivity index (χ0) is 21.3. The number of piperazine rings is 1. The van der Waals surface area contributed by atoms with Gasteiger partial charge in [-0.05, 0) is 49.4 Å². The first-order valence-electron chi connectivity index (χ1n) is 9.75. The van der Waals surface area contributed by atoms with Gasteiger partial charge in [-0.25, -0.2) is 4.98 Å². The van der Waals surface area contributed by atoms with Gasteiger partial charge in [-0.2, -0.15) is 5.26 Å². The number of nitrogens with one attached hydrogen (secondary N) is 1. The van der Waals surface area contributed by atoms with Crippen molar-refractivity contribution >= 4 is 34.1 Å². The van der Waals surface area contributed by atoms with Gasteiger partial charge in [-0.1, -0.05) is 12.1 Å². The number of aryl methyl sites for hydroxylation is 1. The van der Waals surface area contributed by atoms with Gasteiger partial charge in [0.2, 0.25) is 0 Å². The number of benzene rings is 2. The molecule has 1 saturated heterocycles. The molecule has 2 aromatic carbocycles. The summed E-state index contributed by atoms with van der Waals surface area (Å²) in [6, 6.07) is 13.1. The first-order valence-corrected chi connectivity index (χ1v) is 9.75. The molecule has 8 heteroatoms. The third kappa shape index (κ3) is 3.88. The van der Waals surface area contributed by atoms with E-state index >= 15 is 0 Å². The molecule has 0 spiro atoms. The van der Waals surface area contributed by atoms with E-state index in [1.807, 2.05) is 43.1 Å². The molecule has 0 amide bonds. The van der Waals surface area contributed by atoms with Crippen molar-refractivity contribution in [3.8, 4) is 6.07 Å². The monoisotopic (exact) mass is 402 g/mol. The van der Waals surface area contributed by atoms with Gasteiger partial charge in [-0.15, -0.1) is 0 Å². The molecule has 0 saturated carbocycles. The van der Waals surface area contributed by atoms with Crippen molar-refractivity contribution in [2.45, 2.75) is 6.92 Å². The van der Waals surface area contributed by atoms with Crippen molar-refractivity contribution < 1.29 is 4.92 Å². The third-order valence-corrected chi connectivity index (χ3v) is 5.36. The summed E-state index contributed by atoms with van der Waals surface area (Å²) in [7, 11) is 2.04. The summed E-state index contributed by atoms with van der Waals surface area (Å²) in [6.45, 7) is 5.20. The maximum atomic E-state index is 11.7. The lowest BCUT2D eigenvalue weighted by atomic mass is 10.1. The van der Waals surface area contributed by atoms with Crippen molar-refractivity contribution in [3.63, 3.8) is 0 Å². The molecule has 152 valence electrons. The minimum Gasteiger partial charge on any atom is -0.363 e. The Hall–Kier alpha value is -3.70. The fourth-order valence-corrected chi connectivity index (χ4v) is 3.66. The van der Waals surface area contributed by atoms with E-state index < -0.39 is 0 Å². The van der Waals surface area contributed by atoms with E-state index in [-0.39, 0.29) is 10.6 Å². The van der Waals surface area contributed by atoms with Crippen LogP contribution in [-0.4, -0.2) is 53.0 Å². The zero-order valence-electron chi connectivity index (χ0n) is 16.9. The Labute approximate surface area is 174 Å². The Bertz CT molecular complexity index is 1180. The molecule has 1 aromatic heterocycles. The van der Waals surface area contributed by atoms with Gasteiger partial charge in [0.05, 0.1) is 21.5 Å². The number of hydrogen-bond donors (Lipinski definition) is 1. The minimum absolute atomic E-state index is 0.0471. The van der Waals surface area contributed by atoms with Gasteiger partial charge < -0.3 is 14.8 Å². The maximum Gasteiger partial charge on any atom is 0.293 e. The number of H-pyrrole nitrogens is 1. The van der Waals surface area contributed by atoms with E-state index in [9.17, 15) is 15.4 Å². The van der Waals surface area contributed by atoms with Crippen LogP contribution in [0, 0.1) is 28.4 Å². The Morgan fingerprint density at radius 3 is 2.70 bits per heavy atom. The second-order valence-corrected chi connectivity index (χ2v) is 7.57. The molecule has 1 fully saturated rings. The molecule has 0 unspecified atom stereocenters. The summed E-state index contributed by atoms with van der Waals surface area (Å²) in [6.07, 6.45) is 1.63. The Morgan fingerprint density at radius 2 is 2.00 bits per heavy atom. The molecule has 3 aromatic rings. The van der Waals surface area contributed by atoms with Crippen molar-refractivity contribution in [3.05, 3.63) is 63.5 Å². The smallest absolute Gasteiger partial charge is 0.293 e. The van der Waals surface area contributed by atoms with Gasteiger partial charge in [0, 0.05) is 32.2 Å². The minimum atomic E-state index is -0.360. The highest BCUT2D eigenvalue weighted by atomic mass is 16.6. The molecule has 30 heavy (non-hydrogen) atoms. The van der Waals surface area contributed by atoms with E-state index in [0.717, 1.165) is 42.8 Å². The van der Waals surface area contributed by atoms with Crippen LogP contribution in [-0.2, 0) is 0 Å². The van der Waals surface area contributed by atoms with Gasteiger partial charge in [0.1, 0.15) is 17.6 Å². The Balaban J connectivity index is 1.69. The summed E-state index contributed by atoms with van der Waals surface area (Å²) in [4.78, 5) is 23.2. The van der Waals surface area contributed by atoms with Gasteiger partial charge in [0.25, 0.3) is 5.69 Å². The third-order valence-electron chi connectivity index (χ3n) is 5.36. The molecular formula is C22H22N6O2. The molecular weight excluding hydrogens is 380 g/mol. The van der Waals surface area contributed by atoms with Crippen LogP contribution < -0.4 is 4.90 Å². The number of nitriles is 1. The average molecular weight is 402 g/mol. The van der Waals surface area contributed by atoms with Crippen LogP contribution in [0.4, 0.5) is 11.4 Å². The van der Waals surface area contributed by atoms with E-state index in [4.69, 9.17) is 0 Å². The quantitative estimate of drug-likeness (QED) is 0.406. The van der Waals surface area contributed by atoms with Gasteiger partial charge in [-0.3, -0.25) is 10.1 Å². The SMILES string of the molecule is Cc1ccc2nc(/C(C#N)=C/c3ccc(N4CCN(C)CC4)c([N+](=O)[O-])c3)[nH]c2c1. The van der Waals surface area contributed by atoms with Crippen LogP contribution >= 0.6 is 0 Å². The lowest BCUT2D eigenvalue weighted by Crippen LogP contribution is -2.44. The average Bonchev–Trinajstić information content (AvgIpc) is 3.15. The summed E-state index contributed by atoms with van der Waals surface area (Å²) < 4.78 is 0. The van der Waals surface area contributed by atoms with E-state index in [1.54, 1.807) is 12.1 Å². The summed E-state index contributed by atoms with van der Waals surface area (Å²) >= 11 is 0. The molecule has 4 rings (SSSR count). The number of nitrogens with zero attached hydrogens (tertiary/aromatic N) is 5. The maximum absolute atomic E-state index is 11.7. The number of likely N-dealkylation sites (N-methyl/N-ethyl adjacent to an activating group) is 1. The summed E-state index contributed by atoms with van der Waals surface area (Å²) in [5, 5.41) is 21.4. The normalized spacial score (nSPS) is 15.4. The highest BCUT2D eigenvalue weighted by Crippen LogP contribution is 2.31. The van der Waals surface area contributed by atoms with Crippen LogP contribution in [0.25, 0.3) is 22.7 Å². The molecule has 8 nitrogen and oxygen atoms in total. The number of anilines is 1. The number of hydrogen-bond acceptors (Lipinski definition) is 6. The van der Waals surface area contributed by atoms with E-state index in [1.165, 1.54) is 6.07 Å². The first-order chi connectivity index (χ1) is 14.4. The second kappa shape index (κ2) is 7.97. The largest absolute Gasteiger partial charge is 0.363 e. The fourth-order valence-electron chi connectivity index (χ4n) is 3.66. The van der Waals surface area contributed by atoms with E-state index in [2.05, 4.69) is 20.9 Å². The molecule has 1 N–H and O–H groups in total.